The Morgan fingerprint density at radius 1 is 1.58 bits per heavy atom. The van der Waals surface area contributed by atoms with E-state index in [0.29, 0.717) is 5.92 Å². The maximum atomic E-state index is 12.2. The first-order chi connectivity index (χ1) is 9.24. The lowest BCUT2D eigenvalue weighted by molar-refractivity contribution is -0.140. The van der Waals surface area contributed by atoms with Crippen LogP contribution in [0.1, 0.15) is 25.1 Å². The van der Waals surface area contributed by atoms with Gasteiger partial charge in [-0.25, -0.2) is 4.98 Å². The molecule has 1 aromatic heterocycles. The minimum atomic E-state index is -0.199. The monoisotopic (exact) mass is 263 g/mol. The molecule has 3 rings (SSSR count). The minimum Gasteiger partial charge on any atom is -0.368 e. The van der Waals surface area contributed by atoms with Gasteiger partial charge in [-0.2, -0.15) is 0 Å². The van der Waals surface area contributed by atoms with Gasteiger partial charge in [-0.05, 0) is 25.2 Å². The van der Waals surface area contributed by atoms with Gasteiger partial charge in [-0.3, -0.25) is 4.79 Å². The Morgan fingerprint density at radius 3 is 3.26 bits per heavy atom. The summed E-state index contributed by atoms with van der Waals surface area (Å²) in [6, 6.07) is 0. The number of amides is 1. The molecule has 0 bridgehead atoms. The first-order valence-electron chi connectivity index (χ1n) is 7.10. The van der Waals surface area contributed by atoms with E-state index in [0.717, 1.165) is 51.2 Å². The van der Waals surface area contributed by atoms with E-state index in [4.69, 9.17) is 4.74 Å². The Labute approximate surface area is 113 Å². The van der Waals surface area contributed by atoms with Crippen molar-refractivity contribution in [2.75, 3.05) is 20.2 Å². The van der Waals surface area contributed by atoms with Crippen LogP contribution in [0.25, 0.3) is 0 Å². The van der Waals surface area contributed by atoms with Crippen molar-refractivity contribution in [2.45, 2.75) is 38.3 Å². The van der Waals surface area contributed by atoms with E-state index >= 15 is 0 Å². The SMILES string of the molecule is CN(CC1CCn2ccnc2C1)C(=O)[C@H]1CCCO1. The second-order valence-electron chi connectivity index (χ2n) is 5.62. The second kappa shape index (κ2) is 5.33. The van der Waals surface area contributed by atoms with Crippen molar-refractivity contribution < 1.29 is 9.53 Å². The number of nitrogens with zero attached hydrogens (tertiary/aromatic N) is 3. The zero-order chi connectivity index (χ0) is 13.2. The van der Waals surface area contributed by atoms with E-state index in [-0.39, 0.29) is 12.0 Å². The summed E-state index contributed by atoms with van der Waals surface area (Å²) in [5.74, 6) is 1.81. The van der Waals surface area contributed by atoms with Crippen molar-refractivity contribution >= 4 is 5.91 Å². The Kier molecular flexibility index (Phi) is 3.55. The summed E-state index contributed by atoms with van der Waals surface area (Å²) in [6.45, 7) is 2.55. The van der Waals surface area contributed by atoms with E-state index in [1.54, 1.807) is 0 Å². The lowest BCUT2D eigenvalue weighted by atomic mass is 9.97. The van der Waals surface area contributed by atoms with Crippen LogP contribution in [0.15, 0.2) is 12.4 Å². The van der Waals surface area contributed by atoms with Crippen molar-refractivity contribution in [2.24, 2.45) is 5.92 Å². The Bertz CT molecular complexity index is 451. The van der Waals surface area contributed by atoms with Gasteiger partial charge in [0.15, 0.2) is 0 Å². The fraction of sp³-hybridized carbons (Fsp3) is 0.714. The number of rotatable bonds is 3. The molecule has 2 aliphatic heterocycles. The number of ether oxygens (including phenoxy) is 1. The van der Waals surface area contributed by atoms with Crippen LogP contribution in [0.5, 0.6) is 0 Å². The molecule has 5 heteroatoms. The molecule has 0 spiro atoms. The second-order valence-corrected chi connectivity index (χ2v) is 5.62. The number of likely N-dealkylation sites (N-methyl/N-ethyl adjacent to an activating group) is 1. The summed E-state index contributed by atoms with van der Waals surface area (Å²) in [7, 11) is 1.89. The van der Waals surface area contributed by atoms with E-state index in [1.165, 1.54) is 0 Å². The largest absolute Gasteiger partial charge is 0.368 e. The molecular formula is C14H21N3O2. The predicted octanol–water partition coefficient (Wildman–Crippen LogP) is 1.08. The molecule has 0 saturated carbocycles. The minimum absolute atomic E-state index is 0.145. The van der Waals surface area contributed by atoms with Crippen LogP contribution < -0.4 is 0 Å². The molecule has 3 heterocycles. The van der Waals surface area contributed by atoms with Gasteiger partial charge in [0, 0.05) is 45.6 Å². The number of hydrogen-bond donors (Lipinski definition) is 0. The van der Waals surface area contributed by atoms with Gasteiger partial charge in [0.1, 0.15) is 11.9 Å². The Hall–Kier alpha value is -1.36. The number of carbonyl (C=O) groups excluding carboxylic acids is 1. The predicted molar refractivity (Wildman–Crippen MR) is 70.6 cm³/mol. The molecule has 1 fully saturated rings. The molecule has 0 aliphatic carbocycles. The number of imidazole rings is 1. The smallest absolute Gasteiger partial charge is 0.251 e. The van der Waals surface area contributed by atoms with Gasteiger partial charge in [0.05, 0.1) is 0 Å². The average Bonchev–Trinajstić information content (AvgIpc) is 3.08. The molecule has 2 atom stereocenters. The fourth-order valence-corrected chi connectivity index (χ4v) is 3.07. The van der Waals surface area contributed by atoms with Gasteiger partial charge in [0.2, 0.25) is 0 Å². The molecule has 0 radical (unpaired) electrons. The third-order valence-corrected chi connectivity index (χ3v) is 4.16. The summed E-state index contributed by atoms with van der Waals surface area (Å²) in [5.41, 5.74) is 0. The number of hydrogen-bond acceptors (Lipinski definition) is 3. The molecule has 1 unspecified atom stereocenters. The van der Waals surface area contributed by atoms with Crippen LogP contribution in [-0.2, 0) is 22.5 Å². The highest BCUT2D eigenvalue weighted by molar-refractivity contribution is 5.80. The molecule has 104 valence electrons. The molecule has 0 N–H and O–H groups in total. The van der Waals surface area contributed by atoms with Gasteiger partial charge >= 0.3 is 0 Å². The molecule has 2 aliphatic rings. The van der Waals surface area contributed by atoms with Crippen LogP contribution >= 0.6 is 0 Å². The van der Waals surface area contributed by atoms with Crippen LogP contribution in [-0.4, -0.2) is 46.7 Å². The lowest BCUT2D eigenvalue weighted by Crippen LogP contribution is -2.40. The number of aryl methyl sites for hydroxylation is 1. The summed E-state index contributed by atoms with van der Waals surface area (Å²) in [5, 5.41) is 0. The van der Waals surface area contributed by atoms with Crippen molar-refractivity contribution in [1.29, 1.82) is 0 Å². The topological polar surface area (TPSA) is 47.4 Å². The zero-order valence-corrected chi connectivity index (χ0v) is 11.4. The van der Waals surface area contributed by atoms with Crippen molar-refractivity contribution in [1.82, 2.24) is 14.5 Å². The highest BCUT2D eigenvalue weighted by Crippen LogP contribution is 2.21. The molecule has 5 nitrogen and oxygen atoms in total. The number of carbonyl (C=O) groups is 1. The molecule has 1 saturated heterocycles. The van der Waals surface area contributed by atoms with E-state index < -0.39 is 0 Å². The van der Waals surface area contributed by atoms with Crippen LogP contribution in [0.4, 0.5) is 0 Å². The van der Waals surface area contributed by atoms with E-state index in [2.05, 4.69) is 9.55 Å². The lowest BCUT2D eigenvalue weighted by Gasteiger charge is -2.29. The highest BCUT2D eigenvalue weighted by Gasteiger charge is 2.28. The number of aromatic nitrogens is 2. The summed E-state index contributed by atoms with van der Waals surface area (Å²) >= 11 is 0. The van der Waals surface area contributed by atoms with Crippen molar-refractivity contribution in [3.63, 3.8) is 0 Å². The Morgan fingerprint density at radius 2 is 2.47 bits per heavy atom. The summed E-state index contributed by atoms with van der Waals surface area (Å²) < 4.78 is 7.67. The Balaban J connectivity index is 1.55. The van der Waals surface area contributed by atoms with Gasteiger partial charge in [-0.15, -0.1) is 0 Å². The van der Waals surface area contributed by atoms with Crippen LogP contribution in [0.3, 0.4) is 0 Å². The standard InChI is InChI=1S/C14H21N3O2/c1-16(14(18)12-3-2-8-19-12)10-11-4-6-17-7-5-15-13(17)9-11/h5,7,11-12H,2-4,6,8-10H2,1H3/t11?,12-/m1/s1. The maximum absolute atomic E-state index is 12.2. The fourth-order valence-electron chi connectivity index (χ4n) is 3.07. The van der Waals surface area contributed by atoms with Crippen molar-refractivity contribution in [3.05, 3.63) is 18.2 Å². The van der Waals surface area contributed by atoms with Gasteiger partial charge in [0.25, 0.3) is 5.91 Å². The third kappa shape index (κ3) is 2.66. The third-order valence-electron chi connectivity index (χ3n) is 4.16. The zero-order valence-electron chi connectivity index (χ0n) is 11.4. The molecular weight excluding hydrogens is 242 g/mol. The van der Waals surface area contributed by atoms with Crippen LogP contribution in [0, 0.1) is 5.92 Å². The summed E-state index contributed by atoms with van der Waals surface area (Å²) in [4.78, 5) is 18.4. The first-order valence-corrected chi connectivity index (χ1v) is 7.10. The summed E-state index contributed by atoms with van der Waals surface area (Å²) in [6.07, 6.45) is 7.66. The van der Waals surface area contributed by atoms with Gasteiger partial charge < -0.3 is 14.2 Å². The molecule has 1 aromatic rings. The normalized spacial score (nSPS) is 26.2. The maximum Gasteiger partial charge on any atom is 0.251 e. The highest BCUT2D eigenvalue weighted by atomic mass is 16.5. The molecule has 1 amide bonds. The van der Waals surface area contributed by atoms with Crippen molar-refractivity contribution in [3.8, 4) is 0 Å². The quantitative estimate of drug-likeness (QED) is 0.820. The van der Waals surface area contributed by atoms with Crippen LogP contribution in [0.2, 0.25) is 0 Å². The first kappa shape index (κ1) is 12.7. The molecule has 0 aromatic carbocycles. The van der Waals surface area contributed by atoms with Gasteiger partial charge in [-0.1, -0.05) is 0 Å². The van der Waals surface area contributed by atoms with E-state index in [9.17, 15) is 4.79 Å². The number of fused-ring (bicyclic) bond motifs is 1. The average molecular weight is 263 g/mol. The van der Waals surface area contributed by atoms with E-state index in [1.807, 2.05) is 24.3 Å². The molecule has 19 heavy (non-hydrogen) atoms.